The van der Waals surface area contributed by atoms with Crippen LogP contribution in [0.3, 0.4) is 0 Å². The minimum absolute atomic E-state index is 1.00. The maximum absolute atomic E-state index is 3.17. The molecule has 70 valence electrons. The van der Waals surface area contributed by atoms with Crippen LogP contribution in [0.4, 0.5) is 0 Å². The van der Waals surface area contributed by atoms with E-state index in [1.54, 1.807) is 0 Å². The molecule has 0 aromatic rings. The van der Waals surface area contributed by atoms with Gasteiger partial charge >= 0.3 is 0 Å². The Hall–Kier alpha value is -0.540. The first-order valence-electron chi connectivity index (χ1n) is 4.80. The van der Waals surface area contributed by atoms with E-state index in [4.69, 9.17) is 0 Å². The Bertz CT molecular complexity index is 99.4. The summed E-state index contributed by atoms with van der Waals surface area (Å²) in [6.07, 6.45) is 8.01. The lowest BCUT2D eigenvalue weighted by molar-refractivity contribution is 0.496. The molecule has 0 aromatic carbocycles. The largest absolute Gasteiger partial charge is 0.391 e. The van der Waals surface area contributed by atoms with Crippen molar-refractivity contribution in [2.75, 3.05) is 26.3 Å². The molecule has 1 saturated heterocycles. The van der Waals surface area contributed by atoms with Crippen molar-refractivity contribution in [2.24, 2.45) is 0 Å². The van der Waals surface area contributed by atoms with Crippen molar-refractivity contribution in [2.45, 2.75) is 19.3 Å². The molecule has 2 heterocycles. The monoisotopic (exact) mass is 169 g/mol. The Kier molecular flexibility index (Phi) is 5.67. The molecule has 0 atom stereocenters. The second-order valence-corrected chi connectivity index (χ2v) is 3.03. The fourth-order valence-electron chi connectivity index (χ4n) is 1.18. The highest BCUT2D eigenvalue weighted by atomic mass is 15.1. The molecule has 3 N–H and O–H groups in total. The van der Waals surface area contributed by atoms with Crippen LogP contribution in [0.5, 0.6) is 0 Å². The highest BCUT2D eigenvalue weighted by Crippen LogP contribution is 1.91. The summed E-state index contributed by atoms with van der Waals surface area (Å²) in [5, 5.41) is 9.45. The maximum atomic E-state index is 3.17. The number of rotatable bonds is 0. The van der Waals surface area contributed by atoms with Crippen molar-refractivity contribution in [1.82, 2.24) is 16.0 Å². The molecule has 0 bridgehead atoms. The average Bonchev–Trinajstić information content (AvgIpc) is 2.24. The van der Waals surface area contributed by atoms with Gasteiger partial charge in [-0.15, -0.1) is 0 Å². The van der Waals surface area contributed by atoms with Crippen LogP contribution in [-0.2, 0) is 0 Å². The van der Waals surface area contributed by atoms with Gasteiger partial charge in [-0.25, -0.2) is 0 Å². The summed E-state index contributed by atoms with van der Waals surface area (Å²) in [7, 11) is 0. The summed E-state index contributed by atoms with van der Waals surface area (Å²) < 4.78 is 0. The van der Waals surface area contributed by atoms with Crippen LogP contribution in [0.15, 0.2) is 12.3 Å². The van der Waals surface area contributed by atoms with Gasteiger partial charge in [-0.05, 0) is 38.6 Å². The van der Waals surface area contributed by atoms with Crippen molar-refractivity contribution in [3.05, 3.63) is 12.3 Å². The van der Waals surface area contributed by atoms with E-state index in [0.717, 1.165) is 13.2 Å². The Morgan fingerprint density at radius 1 is 0.917 bits per heavy atom. The molecule has 1 fully saturated rings. The summed E-state index contributed by atoms with van der Waals surface area (Å²) in [6.45, 7) is 4.54. The predicted molar refractivity (Wildman–Crippen MR) is 51.9 cm³/mol. The van der Waals surface area contributed by atoms with Gasteiger partial charge in [0.25, 0.3) is 0 Å². The van der Waals surface area contributed by atoms with Crippen molar-refractivity contribution in [1.29, 1.82) is 0 Å². The van der Waals surface area contributed by atoms with E-state index in [2.05, 4.69) is 22.0 Å². The third-order valence-electron chi connectivity index (χ3n) is 1.88. The van der Waals surface area contributed by atoms with Gasteiger partial charge in [0.15, 0.2) is 0 Å². The van der Waals surface area contributed by atoms with Gasteiger partial charge < -0.3 is 16.0 Å². The second kappa shape index (κ2) is 7.13. The molecule has 2 aliphatic rings. The van der Waals surface area contributed by atoms with Crippen molar-refractivity contribution >= 4 is 0 Å². The SMILES string of the molecule is C1=CNCCC1.C1CNCNC1. The van der Waals surface area contributed by atoms with Crippen LogP contribution >= 0.6 is 0 Å². The number of allylic oxidation sites excluding steroid dienone is 1. The smallest absolute Gasteiger partial charge is 0.0454 e. The average molecular weight is 169 g/mol. The lowest BCUT2D eigenvalue weighted by atomic mass is 10.2. The Morgan fingerprint density at radius 2 is 1.75 bits per heavy atom. The summed E-state index contributed by atoms with van der Waals surface area (Å²) in [5.41, 5.74) is 0. The van der Waals surface area contributed by atoms with E-state index < -0.39 is 0 Å². The summed E-state index contributed by atoms with van der Waals surface area (Å²) in [6, 6.07) is 0. The van der Waals surface area contributed by atoms with Gasteiger partial charge in [0.1, 0.15) is 0 Å². The Morgan fingerprint density at radius 3 is 1.92 bits per heavy atom. The number of hydrogen-bond donors (Lipinski definition) is 3. The van der Waals surface area contributed by atoms with Gasteiger partial charge in [-0.1, -0.05) is 6.08 Å². The van der Waals surface area contributed by atoms with Gasteiger partial charge in [0, 0.05) is 13.2 Å². The molecule has 0 radical (unpaired) electrons. The highest BCUT2D eigenvalue weighted by molar-refractivity contribution is 4.83. The van der Waals surface area contributed by atoms with Crippen LogP contribution in [0, 0.1) is 0 Å². The Balaban J connectivity index is 0.000000120. The maximum Gasteiger partial charge on any atom is 0.0454 e. The Labute approximate surface area is 74.6 Å². The van der Waals surface area contributed by atoms with E-state index >= 15 is 0 Å². The quantitative estimate of drug-likeness (QED) is 0.491. The molecule has 3 nitrogen and oxygen atoms in total. The molecule has 0 saturated carbocycles. The molecule has 0 aliphatic carbocycles. The van der Waals surface area contributed by atoms with E-state index in [1.165, 1.54) is 32.4 Å². The van der Waals surface area contributed by atoms with Crippen LogP contribution in [-0.4, -0.2) is 26.3 Å². The van der Waals surface area contributed by atoms with Gasteiger partial charge in [-0.3, -0.25) is 0 Å². The first-order valence-corrected chi connectivity index (χ1v) is 4.80. The lowest BCUT2D eigenvalue weighted by Gasteiger charge is -2.11. The van der Waals surface area contributed by atoms with E-state index in [-0.39, 0.29) is 0 Å². The lowest BCUT2D eigenvalue weighted by Crippen LogP contribution is -2.37. The van der Waals surface area contributed by atoms with Crippen LogP contribution < -0.4 is 16.0 Å². The van der Waals surface area contributed by atoms with Crippen molar-refractivity contribution in [3.63, 3.8) is 0 Å². The minimum atomic E-state index is 1.00. The summed E-state index contributed by atoms with van der Waals surface area (Å²) in [4.78, 5) is 0. The molecule has 12 heavy (non-hydrogen) atoms. The molecule has 3 heteroatoms. The van der Waals surface area contributed by atoms with E-state index in [9.17, 15) is 0 Å². The fraction of sp³-hybridized carbons (Fsp3) is 0.778. The van der Waals surface area contributed by atoms with Gasteiger partial charge in [0.05, 0.1) is 0 Å². The third kappa shape index (κ3) is 5.16. The highest BCUT2D eigenvalue weighted by Gasteiger charge is 1.91. The first-order chi connectivity index (χ1) is 6.00. The standard InChI is InChI=1S/C5H9N.C4H10N2/c1-2-4-6-5-3-1;1-2-5-4-6-3-1/h2,4,6H,1,3,5H2;5-6H,1-4H2. The number of nitrogens with one attached hydrogen (secondary N) is 3. The van der Waals surface area contributed by atoms with Crippen LogP contribution in [0.25, 0.3) is 0 Å². The summed E-state index contributed by atoms with van der Waals surface area (Å²) in [5.74, 6) is 0. The van der Waals surface area contributed by atoms with E-state index in [0.29, 0.717) is 0 Å². The normalized spacial score (nSPS) is 22.0. The van der Waals surface area contributed by atoms with Gasteiger partial charge in [0.2, 0.25) is 0 Å². The molecule has 0 unspecified atom stereocenters. The molecule has 2 rings (SSSR count). The zero-order valence-electron chi connectivity index (χ0n) is 7.60. The predicted octanol–water partition coefficient (Wildman–Crippen LogP) is 0.410. The molecule has 2 aliphatic heterocycles. The first kappa shape index (κ1) is 9.55. The molecule has 0 amide bonds. The second-order valence-electron chi connectivity index (χ2n) is 3.03. The zero-order chi connectivity index (χ0) is 8.49. The van der Waals surface area contributed by atoms with Crippen molar-refractivity contribution < 1.29 is 0 Å². The van der Waals surface area contributed by atoms with Crippen molar-refractivity contribution in [3.8, 4) is 0 Å². The molecule has 0 aromatic heterocycles. The molecular weight excluding hydrogens is 150 g/mol. The summed E-state index contributed by atoms with van der Waals surface area (Å²) >= 11 is 0. The fourth-order valence-corrected chi connectivity index (χ4v) is 1.18. The van der Waals surface area contributed by atoms with Gasteiger partial charge in [-0.2, -0.15) is 0 Å². The topological polar surface area (TPSA) is 36.1 Å². The minimum Gasteiger partial charge on any atom is -0.391 e. The molecular formula is C9H19N3. The van der Waals surface area contributed by atoms with E-state index in [1.807, 2.05) is 6.20 Å². The van der Waals surface area contributed by atoms with Crippen LogP contribution in [0.1, 0.15) is 19.3 Å². The molecule has 0 spiro atoms. The van der Waals surface area contributed by atoms with Crippen LogP contribution in [0.2, 0.25) is 0 Å². The number of hydrogen-bond acceptors (Lipinski definition) is 3. The zero-order valence-corrected chi connectivity index (χ0v) is 7.60. The third-order valence-corrected chi connectivity index (χ3v) is 1.88.